The Morgan fingerprint density at radius 2 is 1.86 bits per heavy atom. The first-order valence-corrected chi connectivity index (χ1v) is 12.1. The second-order valence-electron chi connectivity index (χ2n) is 8.11. The third-order valence-corrected chi connectivity index (χ3v) is 6.60. The van der Waals surface area contributed by atoms with E-state index in [1.54, 1.807) is 13.1 Å². The number of ether oxygens (including phenoxy) is 1. The summed E-state index contributed by atoms with van der Waals surface area (Å²) < 4.78 is 5.33. The monoisotopic (exact) mass is 490 g/mol. The normalized spacial score (nSPS) is 12.8. The van der Waals surface area contributed by atoms with Crippen LogP contribution in [0.4, 0.5) is 5.82 Å². The average molecular weight is 491 g/mol. The molecule has 1 aromatic carbocycles. The van der Waals surface area contributed by atoms with Crippen LogP contribution in [0.3, 0.4) is 0 Å². The summed E-state index contributed by atoms with van der Waals surface area (Å²) in [5, 5.41) is 14.0. The zero-order chi connectivity index (χ0) is 24.9. The molecule has 0 spiro atoms. The minimum Gasteiger partial charge on any atom is -0.480 e. The first-order chi connectivity index (χ1) is 16.9. The molecule has 180 valence electrons. The second kappa shape index (κ2) is 10.6. The van der Waals surface area contributed by atoms with Gasteiger partial charge in [-0.2, -0.15) is 0 Å². The number of nitrogens with one attached hydrogen (secondary N) is 1. The van der Waals surface area contributed by atoms with Crippen molar-refractivity contribution >= 4 is 39.3 Å². The molecule has 3 aromatic heterocycles. The molecule has 0 saturated heterocycles. The summed E-state index contributed by atoms with van der Waals surface area (Å²) in [7, 11) is 0. The Morgan fingerprint density at radius 1 is 1.11 bits per heavy atom. The van der Waals surface area contributed by atoms with Crippen LogP contribution in [-0.4, -0.2) is 38.1 Å². The zero-order valence-corrected chi connectivity index (χ0v) is 20.5. The number of aryl methyl sites for hydroxylation is 1. The number of esters is 1. The minimum absolute atomic E-state index is 0.109. The van der Waals surface area contributed by atoms with Gasteiger partial charge in [-0.15, -0.1) is 11.3 Å². The molecule has 2 N–H and O–H groups in total. The number of carbonyl (C=O) groups excluding carboxylic acids is 1. The molecular formula is C26H26N4O4S. The van der Waals surface area contributed by atoms with Crippen LogP contribution in [0.1, 0.15) is 42.6 Å². The van der Waals surface area contributed by atoms with Crippen molar-refractivity contribution in [2.24, 2.45) is 0 Å². The Bertz CT molecular complexity index is 1340. The molecule has 8 nitrogen and oxygen atoms in total. The van der Waals surface area contributed by atoms with Crippen molar-refractivity contribution in [1.82, 2.24) is 15.0 Å². The van der Waals surface area contributed by atoms with Crippen molar-refractivity contribution in [3.05, 3.63) is 71.1 Å². The fourth-order valence-corrected chi connectivity index (χ4v) is 4.73. The largest absolute Gasteiger partial charge is 0.480 e. The van der Waals surface area contributed by atoms with Crippen LogP contribution in [-0.2, 0) is 20.9 Å². The van der Waals surface area contributed by atoms with Crippen molar-refractivity contribution in [3.8, 4) is 11.1 Å². The standard InChI is InChI=1S/C26H26N4O4S/c1-4-15(2)34-26(33)21(25(31)32)23-29-22(28-14-18-12-8-9-13-27-18)20-19(16(3)35-24(20)30-23)17-10-6-5-7-11-17/h5-13,15,21H,4,14H2,1-3H3,(H,31,32)(H,28,29,30). The molecule has 9 heteroatoms. The second-order valence-corrected chi connectivity index (χ2v) is 9.31. The van der Waals surface area contributed by atoms with Gasteiger partial charge in [0, 0.05) is 16.6 Å². The molecule has 0 amide bonds. The van der Waals surface area contributed by atoms with Gasteiger partial charge >= 0.3 is 11.9 Å². The Balaban J connectivity index is 1.85. The maximum absolute atomic E-state index is 12.8. The van der Waals surface area contributed by atoms with Crippen LogP contribution in [0.15, 0.2) is 54.7 Å². The van der Waals surface area contributed by atoms with E-state index in [-0.39, 0.29) is 5.82 Å². The number of fused-ring (bicyclic) bond motifs is 1. The van der Waals surface area contributed by atoms with Crippen LogP contribution in [0.2, 0.25) is 0 Å². The number of anilines is 1. The topological polar surface area (TPSA) is 114 Å². The lowest BCUT2D eigenvalue weighted by molar-refractivity contribution is -0.157. The van der Waals surface area contributed by atoms with Crippen molar-refractivity contribution in [1.29, 1.82) is 0 Å². The SMILES string of the molecule is CCC(C)OC(=O)C(C(=O)O)c1nc(NCc2ccccn2)c2c(-c3ccccc3)c(C)sc2n1. The number of carboxylic acids is 1. The lowest BCUT2D eigenvalue weighted by atomic mass is 10.0. The van der Waals surface area contributed by atoms with Gasteiger partial charge in [0.05, 0.1) is 23.7 Å². The Hall–Kier alpha value is -3.85. The number of hydrogen-bond donors (Lipinski definition) is 2. The van der Waals surface area contributed by atoms with E-state index in [1.165, 1.54) is 11.3 Å². The van der Waals surface area contributed by atoms with Crippen molar-refractivity contribution < 1.29 is 19.4 Å². The molecule has 4 rings (SSSR count). The molecule has 0 saturated carbocycles. The van der Waals surface area contributed by atoms with Crippen molar-refractivity contribution in [3.63, 3.8) is 0 Å². The highest BCUT2D eigenvalue weighted by Crippen LogP contribution is 2.41. The van der Waals surface area contributed by atoms with Crippen LogP contribution in [0, 0.1) is 6.92 Å². The van der Waals surface area contributed by atoms with Crippen molar-refractivity contribution in [2.75, 3.05) is 5.32 Å². The summed E-state index contributed by atoms with van der Waals surface area (Å²) in [6, 6.07) is 15.5. The Kier molecular flexibility index (Phi) is 7.36. The number of carbonyl (C=O) groups is 2. The molecule has 0 aliphatic carbocycles. The number of thiophene rings is 1. The number of nitrogens with zero attached hydrogens (tertiary/aromatic N) is 3. The molecule has 0 bridgehead atoms. The Labute approximate surface area is 207 Å². The summed E-state index contributed by atoms with van der Waals surface area (Å²) in [5.74, 6) is -3.53. The number of aromatic nitrogens is 3. The highest BCUT2D eigenvalue weighted by Gasteiger charge is 2.35. The van der Waals surface area contributed by atoms with Gasteiger partial charge in [-0.3, -0.25) is 14.6 Å². The predicted molar refractivity (Wildman–Crippen MR) is 135 cm³/mol. The van der Waals surface area contributed by atoms with E-state index < -0.39 is 24.0 Å². The van der Waals surface area contributed by atoms with Crippen LogP contribution in [0.25, 0.3) is 21.3 Å². The van der Waals surface area contributed by atoms with Gasteiger partial charge in [0.2, 0.25) is 5.92 Å². The quantitative estimate of drug-likeness (QED) is 0.244. The highest BCUT2D eigenvalue weighted by molar-refractivity contribution is 7.19. The molecule has 0 aliphatic heterocycles. The number of benzene rings is 1. The zero-order valence-electron chi connectivity index (χ0n) is 19.7. The van der Waals surface area contributed by atoms with E-state index in [9.17, 15) is 14.7 Å². The van der Waals surface area contributed by atoms with Gasteiger partial charge in [0.15, 0.2) is 5.82 Å². The van der Waals surface area contributed by atoms with Gasteiger partial charge in [-0.1, -0.05) is 43.3 Å². The van der Waals surface area contributed by atoms with Gasteiger partial charge in [-0.25, -0.2) is 9.97 Å². The van der Waals surface area contributed by atoms with Crippen LogP contribution >= 0.6 is 11.3 Å². The highest BCUT2D eigenvalue weighted by atomic mass is 32.1. The number of aliphatic carboxylic acids is 1. The third-order valence-electron chi connectivity index (χ3n) is 5.60. The van der Waals surface area contributed by atoms with Gasteiger partial charge in [0.25, 0.3) is 0 Å². The summed E-state index contributed by atoms with van der Waals surface area (Å²) in [5.41, 5.74) is 2.76. The molecule has 0 radical (unpaired) electrons. The van der Waals surface area contributed by atoms with Crippen LogP contribution < -0.4 is 5.32 Å². The maximum atomic E-state index is 12.8. The maximum Gasteiger partial charge on any atom is 0.328 e. The molecule has 0 aliphatic rings. The molecule has 4 aromatic rings. The Morgan fingerprint density at radius 3 is 2.51 bits per heavy atom. The number of pyridine rings is 1. The minimum atomic E-state index is -1.63. The fraction of sp³-hybridized carbons (Fsp3) is 0.269. The number of rotatable bonds is 9. The van der Waals surface area contributed by atoms with Gasteiger partial charge < -0.3 is 15.2 Å². The van der Waals surface area contributed by atoms with Crippen LogP contribution in [0.5, 0.6) is 0 Å². The van der Waals surface area contributed by atoms with E-state index >= 15 is 0 Å². The molecular weight excluding hydrogens is 464 g/mol. The number of hydrogen-bond acceptors (Lipinski definition) is 8. The van der Waals surface area contributed by atoms with E-state index in [4.69, 9.17) is 4.74 Å². The smallest absolute Gasteiger partial charge is 0.328 e. The summed E-state index contributed by atoms with van der Waals surface area (Å²) in [4.78, 5) is 39.9. The predicted octanol–water partition coefficient (Wildman–Crippen LogP) is 5.18. The van der Waals surface area contributed by atoms with Gasteiger partial charge in [-0.05, 0) is 38.0 Å². The fourth-order valence-electron chi connectivity index (χ4n) is 3.68. The first-order valence-electron chi connectivity index (χ1n) is 11.3. The molecule has 2 atom stereocenters. The average Bonchev–Trinajstić information content (AvgIpc) is 3.19. The summed E-state index contributed by atoms with van der Waals surface area (Å²) in [6.45, 7) is 5.93. The molecule has 35 heavy (non-hydrogen) atoms. The van der Waals surface area contributed by atoms with E-state index in [0.29, 0.717) is 23.6 Å². The van der Waals surface area contributed by atoms with E-state index in [2.05, 4.69) is 20.3 Å². The van der Waals surface area contributed by atoms with Crippen molar-refractivity contribution in [2.45, 2.75) is 45.8 Å². The lowest BCUT2D eigenvalue weighted by Crippen LogP contribution is -2.28. The summed E-state index contributed by atoms with van der Waals surface area (Å²) in [6.07, 6.45) is 1.86. The first kappa shape index (κ1) is 24.3. The molecule has 3 heterocycles. The third kappa shape index (κ3) is 5.30. The molecule has 2 unspecified atom stereocenters. The van der Waals surface area contributed by atoms with E-state index in [0.717, 1.165) is 27.1 Å². The lowest BCUT2D eigenvalue weighted by Gasteiger charge is -2.16. The molecule has 0 fully saturated rings. The number of carboxylic acid groups (broad SMARTS) is 1. The summed E-state index contributed by atoms with van der Waals surface area (Å²) >= 11 is 1.43. The van der Waals surface area contributed by atoms with E-state index in [1.807, 2.05) is 62.4 Å². The van der Waals surface area contributed by atoms with Gasteiger partial charge in [0.1, 0.15) is 10.6 Å².